The third-order valence-corrected chi connectivity index (χ3v) is 3.91. The average Bonchev–Trinajstić information content (AvgIpc) is 2.70. The van der Waals surface area contributed by atoms with Crippen molar-refractivity contribution in [3.63, 3.8) is 0 Å². The first kappa shape index (κ1) is 19.4. The first-order valence-electron chi connectivity index (χ1n) is 8.76. The van der Waals surface area contributed by atoms with E-state index in [-0.39, 0.29) is 12.2 Å². The lowest BCUT2D eigenvalue weighted by Crippen LogP contribution is -2.27. The fourth-order valence-electron chi connectivity index (χ4n) is 2.42. The highest BCUT2D eigenvalue weighted by Crippen LogP contribution is 2.18. The van der Waals surface area contributed by atoms with Gasteiger partial charge in [0.15, 0.2) is 0 Å². The standard InChI is InChI=1S/C21H24N2O3/c1-22-21(25)20(24)10-6-3-7-15-26-23-16-17-11-13-19(14-12-17)18-8-4-2-5-9-18/h2,4-5,8-9,11-14,16H,3,6-7,10,15H2,1H3,(H,22,25)/b23-16+. The monoisotopic (exact) mass is 352 g/mol. The predicted octanol–water partition coefficient (Wildman–Crippen LogP) is 3.58. The lowest BCUT2D eigenvalue weighted by Gasteiger charge is -2.02. The van der Waals surface area contributed by atoms with Crippen molar-refractivity contribution in [2.75, 3.05) is 13.7 Å². The van der Waals surface area contributed by atoms with Gasteiger partial charge >= 0.3 is 0 Å². The van der Waals surface area contributed by atoms with Crippen LogP contribution in [0.4, 0.5) is 0 Å². The molecule has 0 atom stereocenters. The number of hydrogen-bond acceptors (Lipinski definition) is 4. The first-order valence-corrected chi connectivity index (χ1v) is 8.76. The highest BCUT2D eigenvalue weighted by molar-refractivity contribution is 6.36. The molecule has 5 nitrogen and oxygen atoms in total. The van der Waals surface area contributed by atoms with Crippen LogP contribution in [0.25, 0.3) is 11.1 Å². The van der Waals surface area contributed by atoms with Gasteiger partial charge in [0.05, 0.1) is 6.21 Å². The number of nitrogens with one attached hydrogen (secondary N) is 1. The van der Waals surface area contributed by atoms with Crippen LogP contribution in [0.15, 0.2) is 59.8 Å². The van der Waals surface area contributed by atoms with Crippen molar-refractivity contribution in [3.05, 3.63) is 60.2 Å². The zero-order chi connectivity index (χ0) is 18.6. The number of carbonyl (C=O) groups is 2. The van der Waals surface area contributed by atoms with E-state index in [1.54, 1.807) is 6.21 Å². The van der Waals surface area contributed by atoms with Crippen LogP contribution in [0.1, 0.15) is 31.2 Å². The molecule has 0 saturated heterocycles. The summed E-state index contributed by atoms with van der Waals surface area (Å²) in [5.41, 5.74) is 3.32. The number of Topliss-reactive ketones (excluding diaryl/α,β-unsaturated/α-hetero) is 1. The van der Waals surface area contributed by atoms with Gasteiger partial charge in [0, 0.05) is 13.5 Å². The van der Waals surface area contributed by atoms with E-state index in [9.17, 15) is 9.59 Å². The van der Waals surface area contributed by atoms with E-state index in [2.05, 4.69) is 34.7 Å². The Hall–Kier alpha value is -2.95. The highest BCUT2D eigenvalue weighted by Gasteiger charge is 2.09. The average molecular weight is 352 g/mol. The van der Waals surface area contributed by atoms with Crippen molar-refractivity contribution in [3.8, 4) is 11.1 Å². The van der Waals surface area contributed by atoms with E-state index >= 15 is 0 Å². The number of nitrogens with zero attached hydrogens (tertiary/aromatic N) is 1. The molecule has 0 unspecified atom stereocenters. The summed E-state index contributed by atoms with van der Waals surface area (Å²) in [6.45, 7) is 0.493. The largest absolute Gasteiger partial charge is 0.396 e. The van der Waals surface area contributed by atoms with E-state index in [0.717, 1.165) is 24.0 Å². The second-order valence-corrected chi connectivity index (χ2v) is 5.87. The van der Waals surface area contributed by atoms with Crippen molar-refractivity contribution in [1.82, 2.24) is 5.32 Å². The maximum atomic E-state index is 11.3. The van der Waals surface area contributed by atoms with Crippen molar-refractivity contribution in [2.24, 2.45) is 5.16 Å². The molecular weight excluding hydrogens is 328 g/mol. The van der Waals surface area contributed by atoms with Crippen LogP contribution in [0.3, 0.4) is 0 Å². The van der Waals surface area contributed by atoms with Crippen LogP contribution in [0, 0.1) is 0 Å². The summed E-state index contributed by atoms with van der Waals surface area (Å²) in [5.74, 6) is -0.894. The fourth-order valence-corrected chi connectivity index (χ4v) is 2.42. The Balaban J connectivity index is 1.63. The molecule has 0 aliphatic rings. The van der Waals surface area contributed by atoms with Crippen molar-refractivity contribution in [1.29, 1.82) is 0 Å². The van der Waals surface area contributed by atoms with Crippen LogP contribution in [0.5, 0.6) is 0 Å². The second kappa shape index (κ2) is 10.8. The highest BCUT2D eigenvalue weighted by atomic mass is 16.6. The Bertz CT molecular complexity index is 725. The molecule has 0 radical (unpaired) electrons. The minimum atomic E-state index is -0.524. The summed E-state index contributed by atoms with van der Waals surface area (Å²) in [4.78, 5) is 27.6. The molecule has 0 bridgehead atoms. The zero-order valence-electron chi connectivity index (χ0n) is 15.0. The third-order valence-electron chi connectivity index (χ3n) is 3.91. The molecule has 2 rings (SSSR count). The Labute approximate surface area is 154 Å². The van der Waals surface area contributed by atoms with Crippen molar-refractivity contribution < 1.29 is 14.4 Å². The van der Waals surface area contributed by atoms with Gasteiger partial charge < -0.3 is 10.2 Å². The summed E-state index contributed by atoms with van der Waals surface area (Å²) in [5, 5.41) is 6.29. The maximum Gasteiger partial charge on any atom is 0.287 e. The summed E-state index contributed by atoms with van der Waals surface area (Å²) in [6.07, 6.45) is 4.26. The Kier molecular flexibility index (Phi) is 8.06. The Morgan fingerprint density at radius 1 is 0.962 bits per heavy atom. The molecule has 1 N–H and O–H groups in total. The smallest absolute Gasteiger partial charge is 0.287 e. The van der Waals surface area contributed by atoms with Crippen molar-refractivity contribution >= 4 is 17.9 Å². The van der Waals surface area contributed by atoms with Gasteiger partial charge in [0.1, 0.15) is 6.61 Å². The summed E-state index contributed by atoms with van der Waals surface area (Å²) in [6, 6.07) is 18.3. The van der Waals surface area contributed by atoms with Crippen LogP contribution < -0.4 is 5.32 Å². The molecule has 26 heavy (non-hydrogen) atoms. The van der Waals surface area contributed by atoms with Gasteiger partial charge in [-0.25, -0.2) is 0 Å². The molecule has 0 aliphatic carbocycles. The van der Waals surface area contributed by atoms with Crippen LogP contribution in [0.2, 0.25) is 0 Å². The van der Waals surface area contributed by atoms with Gasteiger partial charge in [0.25, 0.3) is 5.91 Å². The molecule has 2 aromatic carbocycles. The van der Waals surface area contributed by atoms with Crippen molar-refractivity contribution in [2.45, 2.75) is 25.7 Å². The number of benzene rings is 2. The molecule has 0 heterocycles. The van der Waals surface area contributed by atoms with E-state index in [1.165, 1.54) is 12.6 Å². The van der Waals surface area contributed by atoms with Crippen LogP contribution in [-0.4, -0.2) is 31.6 Å². The Morgan fingerprint density at radius 2 is 1.65 bits per heavy atom. The lowest BCUT2D eigenvalue weighted by atomic mass is 10.0. The molecule has 136 valence electrons. The molecule has 5 heteroatoms. The number of likely N-dealkylation sites (N-methyl/N-ethyl adjacent to an activating group) is 1. The fraction of sp³-hybridized carbons (Fsp3) is 0.286. The number of carbonyl (C=O) groups excluding carboxylic acids is 2. The molecule has 0 aromatic heterocycles. The molecule has 0 aliphatic heterocycles. The van der Waals surface area contributed by atoms with Gasteiger partial charge in [-0.05, 0) is 36.0 Å². The normalized spacial score (nSPS) is 10.7. The quantitative estimate of drug-likeness (QED) is 0.308. The number of rotatable bonds is 10. The van der Waals surface area contributed by atoms with E-state index in [4.69, 9.17) is 4.84 Å². The van der Waals surface area contributed by atoms with Gasteiger partial charge in [-0.1, -0.05) is 59.8 Å². The van der Waals surface area contributed by atoms with E-state index < -0.39 is 5.91 Å². The Morgan fingerprint density at radius 3 is 2.35 bits per heavy atom. The number of unbranched alkanes of at least 4 members (excludes halogenated alkanes) is 2. The SMILES string of the molecule is CNC(=O)C(=O)CCCCCO/N=C/c1ccc(-c2ccccc2)cc1. The maximum absolute atomic E-state index is 11.3. The molecule has 2 aromatic rings. The summed E-state index contributed by atoms with van der Waals surface area (Å²) < 4.78 is 0. The van der Waals surface area contributed by atoms with Crippen LogP contribution >= 0.6 is 0 Å². The zero-order valence-corrected chi connectivity index (χ0v) is 15.0. The lowest BCUT2D eigenvalue weighted by molar-refractivity contribution is -0.137. The van der Waals surface area contributed by atoms with E-state index in [1.807, 2.05) is 30.3 Å². The molecule has 1 amide bonds. The summed E-state index contributed by atoms with van der Waals surface area (Å²) in [7, 11) is 1.46. The summed E-state index contributed by atoms with van der Waals surface area (Å²) >= 11 is 0. The minimum Gasteiger partial charge on any atom is -0.396 e. The third kappa shape index (κ3) is 6.51. The van der Waals surface area contributed by atoms with E-state index in [0.29, 0.717) is 13.0 Å². The number of hydrogen-bond donors (Lipinski definition) is 1. The first-order chi connectivity index (χ1) is 12.7. The second-order valence-electron chi connectivity index (χ2n) is 5.87. The minimum absolute atomic E-state index is 0.275. The number of ketones is 1. The van der Waals surface area contributed by atoms with Gasteiger partial charge in [-0.3, -0.25) is 9.59 Å². The molecule has 0 spiro atoms. The molecule has 0 fully saturated rings. The predicted molar refractivity (Wildman–Crippen MR) is 103 cm³/mol. The van der Waals surface area contributed by atoms with Gasteiger partial charge in [-0.15, -0.1) is 0 Å². The molecular formula is C21H24N2O3. The van der Waals surface area contributed by atoms with Crippen LogP contribution in [-0.2, 0) is 14.4 Å². The number of oxime groups is 1. The van der Waals surface area contributed by atoms with Gasteiger partial charge in [0.2, 0.25) is 5.78 Å². The van der Waals surface area contributed by atoms with Gasteiger partial charge in [-0.2, -0.15) is 0 Å². The molecule has 0 saturated carbocycles. The number of amides is 1. The topological polar surface area (TPSA) is 67.8 Å².